The molecule has 0 unspecified atom stereocenters. The zero-order chi connectivity index (χ0) is 10.7. The summed E-state index contributed by atoms with van der Waals surface area (Å²) in [5.41, 5.74) is 5.45. The lowest BCUT2D eigenvalue weighted by atomic mass is 10.2. The summed E-state index contributed by atoms with van der Waals surface area (Å²) in [5, 5.41) is 2.23. The van der Waals surface area contributed by atoms with Gasteiger partial charge in [-0.1, -0.05) is 0 Å². The molecule has 0 aromatic heterocycles. The number of primary amides is 1. The number of benzene rings is 1. The highest BCUT2D eigenvalue weighted by Gasteiger charge is 2.08. The van der Waals surface area contributed by atoms with Gasteiger partial charge in [0.05, 0.1) is 0 Å². The molecule has 14 heavy (non-hydrogen) atoms. The van der Waals surface area contributed by atoms with E-state index in [4.69, 9.17) is 5.73 Å². The molecule has 0 spiro atoms. The molecule has 0 aliphatic carbocycles. The summed E-state index contributed by atoms with van der Waals surface area (Å²) in [6, 6.07) is 3.96. The Morgan fingerprint density at radius 1 is 1.43 bits per heavy atom. The lowest BCUT2D eigenvalue weighted by Gasteiger charge is -2.03. The maximum Gasteiger partial charge on any atom is 0.313 e. The Kier molecular flexibility index (Phi) is 2.81. The van der Waals surface area contributed by atoms with Crippen LogP contribution in [0.25, 0.3) is 0 Å². The van der Waals surface area contributed by atoms with Gasteiger partial charge in [-0.3, -0.25) is 9.59 Å². The summed E-state index contributed by atoms with van der Waals surface area (Å²) in [6.07, 6.45) is 0. The third kappa shape index (κ3) is 2.29. The number of hydrogen-bond donors (Lipinski definition) is 2. The Labute approximate surface area is 79.9 Å². The average Bonchev–Trinajstić information content (AvgIpc) is 2.11. The van der Waals surface area contributed by atoms with E-state index in [2.05, 4.69) is 5.32 Å². The second kappa shape index (κ2) is 3.87. The second-order valence-electron chi connectivity index (χ2n) is 2.78. The van der Waals surface area contributed by atoms with Crippen molar-refractivity contribution in [2.75, 3.05) is 5.32 Å². The van der Waals surface area contributed by atoms with Crippen LogP contribution in [0.4, 0.5) is 10.1 Å². The van der Waals surface area contributed by atoms with Gasteiger partial charge in [0.25, 0.3) is 0 Å². The quantitative estimate of drug-likeness (QED) is 0.644. The van der Waals surface area contributed by atoms with Crippen molar-refractivity contribution in [2.24, 2.45) is 5.73 Å². The number of nitrogens with one attached hydrogen (secondary N) is 1. The third-order valence-electron chi connectivity index (χ3n) is 1.64. The fourth-order valence-electron chi connectivity index (χ4n) is 0.915. The van der Waals surface area contributed by atoms with Gasteiger partial charge in [-0.15, -0.1) is 0 Å². The molecular formula is C9H9FN2O2. The predicted octanol–water partition coefficient (Wildman–Crippen LogP) is 0.558. The lowest BCUT2D eigenvalue weighted by molar-refractivity contribution is -0.134. The number of rotatable bonds is 1. The van der Waals surface area contributed by atoms with Crippen LogP contribution in [0.5, 0.6) is 0 Å². The summed E-state index contributed by atoms with van der Waals surface area (Å²) in [7, 11) is 0. The molecule has 1 aromatic rings. The van der Waals surface area contributed by atoms with Gasteiger partial charge in [0.2, 0.25) is 0 Å². The van der Waals surface area contributed by atoms with Gasteiger partial charge >= 0.3 is 11.8 Å². The molecular weight excluding hydrogens is 187 g/mol. The first-order chi connectivity index (χ1) is 6.50. The van der Waals surface area contributed by atoms with Gasteiger partial charge in [0.15, 0.2) is 0 Å². The Morgan fingerprint density at radius 2 is 2.07 bits per heavy atom. The van der Waals surface area contributed by atoms with Gasteiger partial charge in [-0.2, -0.15) is 0 Å². The van der Waals surface area contributed by atoms with Gasteiger partial charge in [0.1, 0.15) is 5.82 Å². The fourth-order valence-corrected chi connectivity index (χ4v) is 0.915. The number of hydrogen-bond acceptors (Lipinski definition) is 2. The fraction of sp³-hybridized carbons (Fsp3) is 0.111. The summed E-state index contributed by atoms with van der Waals surface area (Å²) in [4.78, 5) is 21.2. The zero-order valence-electron chi connectivity index (χ0n) is 7.50. The van der Waals surface area contributed by atoms with E-state index in [1.165, 1.54) is 18.2 Å². The normalized spacial score (nSPS) is 9.57. The first kappa shape index (κ1) is 10.2. The molecule has 0 atom stereocenters. The highest BCUT2D eigenvalue weighted by atomic mass is 19.1. The van der Waals surface area contributed by atoms with Crippen molar-refractivity contribution in [1.82, 2.24) is 0 Å². The van der Waals surface area contributed by atoms with Crippen LogP contribution >= 0.6 is 0 Å². The first-order valence-electron chi connectivity index (χ1n) is 3.87. The van der Waals surface area contributed by atoms with Crippen molar-refractivity contribution in [3.8, 4) is 0 Å². The van der Waals surface area contributed by atoms with E-state index in [9.17, 15) is 14.0 Å². The summed E-state index contributed by atoms with van der Waals surface area (Å²) in [5.74, 6) is -2.37. The third-order valence-corrected chi connectivity index (χ3v) is 1.64. The molecule has 0 saturated carbocycles. The van der Waals surface area contributed by atoms with Crippen LogP contribution in [0.1, 0.15) is 5.56 Å². The predicted molar refractivity (Wildman–Crippen MR) is 49.0 cm³/mol. The molecule has 0 heterocycles. The highest BCUT2D eigenvalue weighted by molar-refractivity contribution is 6.39. The number of carbonyl (C=O) groups is 2. The van der Waals surface area contributed by atoms with Crippen molar-refractivity contribution in [3.63, 3.8) is 0 Å². The van der Waals surface area contributed by atoms with Gasteiger partial charge < -0.3 is 11.1 Å². The average molecular weight is 196 g/mol. The van der Waals surface area contributed by atoms with E-state index >= 15 is 0 Å². The molecule has 74 valence electrons. The van der Waals surface area contributed by atoms with Crippen molar-refractivity contribution < 1.29 is 14.0 Å². The van der Waals surface area contributed by atoms with Crippen LogP contribution < -0.4 is 11.1 Å². The molecule has 1 rings (SSSR count). The number of halogens is 1. The number of nitrogens with two attached hydrogens (primary N) is 1. The Hall–Kier alpha value is -1.91. The van der Waals surface area contributed by atoms with E-state index < -0.39 is 11.8 Å². The molecule has 4 nitrogen and oxygen atoms in total. The van der Waals surface area contributed by atoms with Crippen LogP contribution in [-0.2, 0) is 9.59 Å². The van der Waals surface area contributed by atoms with E-state index in [1.807, 2.05) is 0 Å². The van der Waals surface area contributed by atoms with Gasteiger partial charge in [-0.25, -0.2) is 4.39 Å². The molecule has 5 heteroatoms. The van der Waals surface area contributed by atoms with Crippen molar-refractivity contribution in [1.29, 1.82) is 0 Å². The monoisotopic (exact) mass is 196 g/mol. The van der Waals surface area contributed by atoms with Crippen molar-refractivity contribution in [3.05, 3.63) is 29.6 Å². The Bertz CT molecular complexity index is 390. The second-order valence-corrected chi connectivity index (χ2v) is 2.78. The standard InChI is InChI=1S/C9H9FN2O2/c1-5-4-6(2-3-7(5)10)12-9(14)8(11)13/h2-4H,1H3,(H2,11,13)(H,12,14). The number of anilines is 1. The molecule has 0 saturated heterocycles. The van der Waals surface area contributed by atoms with Crippen LogP contribution in [0.2, 0.25) is 0 Å². The molecule has 3 N–H and O–H groups in total. The van der Waals surface area contributed by atoms with Crippen LogP contribution in [0.3, 0.4) is 0 Å². The zero-order valence-corrected chi connectivity index (χ0v) is 7.50. The smallest absolute Gasteiger partial charge is 0.313 e. The van der Waals surface area contributed by atoms with Gasteiger partial charge in [0, 0.05) is 5.69 Å². The molecule has 0 fully saturated rings. The van der Waals surface area contributed by atoms with Crippen molar-refractivity contribution >= 4 is 17.5 Å². The van der Waals surface area contributed by atoms with Crippen LogP contribution in [0, 0.1) is 12.7 Å². The lowest BCUT2D eigenvalue weighted by Crippen LogP contribution is -2.29. The minimum Gasteiger partial charge on any atom is -0.361 e. The minimum atomic E-state index is -1.08. The first-order valence-corrected chi connectivity index (χ1v) is 3.87. The van der Waals surface area contributed by atoms with E-state index in [0.717, 1.165) is 0 Å². The van der Waals surface area contributed by atoms with Crippen LogP contribution in [0.15, 0.2) is 18.2 Å². The summed E-state index contributed by atoms with van der Waals surface area (Å²) < 4.78 is 12.8. The maximum atomic E-state index is 12.8. The molecule has 0 radical (unpaired) electrons. The van der Waals surface area contributed by atoms with Gasteiger partial charge in [-0.05, 0) is 30.7 Å². The highest BCUT2D eigenvalue weighted by Crippen LogP contribution is 2.13. The topological polar surface area (TPSA) is 72.2 Å². The molecule has 0 aliphatic rings. The molecule has 2 amide bonds. The number of aryl methyl sites for hydroxylation is 1. The maximum absolute atomic E-state index is 12.8. The Balaban J connectivity index is 2.83. The van der Waals surface area contributed by atoms with E-state index in [-0.39, 0.29) is 5.82 Å². The largest absolute Gasteiger partial charge is 0.361 e. The SMILES string of the molecule is Cc1cc(NC(=O)C(N)=O)ccc1F. The summed E-state index contributed by atoms with van der Waals surface area (Å²) in [6.45, 7) is 1.55. The molecule has 0 bridgehead atoms. The van der Waals surface area contributed by atoms with E-state index in [1.54, 1.807) is 6.92 Å². The Morgan fingerprint density at radius 3 is 2.57 bits per heavy atom. The molecule has 0 aliphatic heterocycles. The van der Waals surface area contributed by atoms with Crippen molar-refractivity contribution in [2.45, 2.75) is 6.92 Å². The number of carbonyl (C=O) groups excluding carboxylic acids is 2. The van der Waals surface area contributed by atoms with Crippen LogP contribution in [-0.4, -0.2) is 11.8 Å². The van der Waals surface area contributed by atoms with E-state index in [0.29, 0.717) is 11.3 Å². The summed E-state index contributed by atoms with van der Waals surface area (Å²) >= 11 is 0. The molecule has 1 aromatic carbocycles. The minimum absolute atomic E-state index is 0.340. The number of amides is 2.